The van der Waals surface area contributed by atoms with E-state index in [0.29, 0.717) is 30.7 Å². The summed E-state index contributed by atoms with van der Waals surface area (Å²) < 4.78 is 66.5. The molecule has 0 spiro atoms. The second-order valence-corrected chi connectivity index (χ2v) is 12.7. The predicted molar refractivity (Wildman–Crippen MR) is 151 cm³/mol. The van der Waals surface area contributed by atoms with Gasteiger partial charge < -0.3 is 20.9 Å². The Kier molecular flexibility index (Phi) is 10.1. The number of aliphatic hydroxyl groups is 1. The van der Waals surface area contributed by atoms with Crippen LogP contribution < -0.4 is 15.8 Å². The predicted octanol–water partition coefficient (Wildman–Crippen LogP) is 5.53. The van der Waals surface area contributed by atoms with Gasteiger partial charge >= 0.3 is 6.18 Å². The molecule has 2 heterocycles. The van der Waals surface area contributed by atoms with E-state index in [1.165, 1.54) is 41.2 Å². The number of nitrogens with zero attached hydrogens (tertiary/aromatic N) is 4. The highest BCUT2D eigenvalue weighted by molar-refractivity contribution is 7.97. The summed E-state index contributed by atoms with van der Waals surface area (Å²) in [4.78, 5) is 8.37. The number of hydrogen-bond donors (Lipinski definition) is 4. The van der Waals surface area contributed by atoms with Crippen molar-refractivity contribution >= 4 is 23.6 Å². The zero-order chi connectivity index (χ0) is 30.6. The fourth-order valence-corrected chi connectivity index (χ4v) is 4.44. The number of anilines is 2. The van der Waals surface area contributed by atoms with Crippen LogP contribution in [0.5, 0.6) is 0 Å². The number of halogens is 4. The Hall–Kier alpha value is -2.78. The molecule has 41 heavy (non-hydrogen) atoms. The first-order chi connectivity index (χ1) is 18.8. The molecule has 0 saturated heterocycles. The largest absolute Gasteiger partial charge is 0.419 e. The first-order valence-electron chi connectivity index (χ1n) is 12.9. The third-order valence-corrected chi connectivity index (χ3v) is 6.44. The van der Waals surface area contributed by atoms with Gasteiger partial charge in [0.15, 0.2) is 0 Å². The van der Waals surface area contributed by atoms with E-state index in [0.717, 1.165) is 0 Å². The first-order valence-corrected chi connectivity index (χ1v) is 13.7. The van der Waals surface area contributed by atoms with Gasteiger partial charge in [-0.05, 0) is 78.1 Å². The van der Waals surface area contributed by atoms with Gasteiger partial charge in [0.05, 0.1) is 35.3 Å². The molecular weight excluding hydrogens is 562 g/mol. The minimum absolute atomic E-state index is 0.00848. The van der Waals surface area contributed by atoms with E-state index in [9.17, 15) is 22.7 Å². The molecule has 0 unspecified atom stereocenters. The fourth-order valence-electron chi connectivity index (χ4n) is 3.55. The van der Waals surface area contributed by atoms with Crippen LogP contribution in [0.25, 0.3) is 11.3 Å². The van der Waals surface area contributed by atoms with Gasteiger partial charge in [-0.15, -0.1) is 0 Å². The SMILES string of the molecule is CC(C)(N)CCOC(C)(C)CNSc1ccc(Nc2ncc(C(F)(F)F)c(-c3cnn(CC(C)(C)O)c3)n2)c(F)c1. The van der Waals surface area contributed by atoms with Gasteiger partial charge in [-0.25, -0.2) is 14.4 Å². The summed E-state index contributed by atoms with van der Waals surface area (Å²) >= 11 is 1.22. The summed E-state index contributed by atoms with van der Waals surface area (Å²) in [5.74, 6) is -0.860. The van der Waals surface area contributed by atoms with Gasteiger partial charge in [0.25, 0.3) is 0 Å². The van der Waals surface area contributed by atoms with Crippen LogP contribution in [0.1, 0.15) is 53.5 Å². The van der Waals surface area contributed by atoms with Crippen molar-refractivity contribution in [2.24, 2.45) is 5.73 Å². The number of nitrogens with one attached hydrogen (secondary N) is 2. The average molecular weight is 600 g/mol. The lowest BCUT2D eigenvalue weighted by Crippen LogP contribution is -2.38. The molecule has 3 aromatic rings. The second kappa shape index (κ2) is 12.6. The lowest BCUT2D eigenvalue weighted by atomic mass is 10.0. The van der Waals surface area contributed by atoms with E-state index in [2.05, 4.69) is 25.1 Å². The van der Waals surface area contributed by atoms with Gasteiger partial charge in [-0.2, -0.15) is 18.3 Å². The Balaban J connectivity index is 1.70. The van der Waals surface area contributed by atoms with Crippen LogP contribution in [0, 0.1) is 5.82 Å². The van der Waals surface area contributed by atoms with E-state index >= 15 is 0 Å². The summed E-state index contributed by atoms with van der Waals surface area (Å²) in [6, 6.07) is 4.39. The molecule has 2 aromatic heterocycles. The molecule has 0 radical (unpaired) electrons. The highest BCUT2D eigenvalue weighted by Gasteiger charge is 2.36. The minimum atomic E-state index is -4.73. The van der Waals surface area contributed by atoms with Crippen molar-refractivity contribution in [1.82, 2.24) is 24.5 Å². The van der Waals surface area contributed by atoms with Gasteiger partial charge in [0.2, 0.25) is 5.95 Å². The normalized spacial score (nSPS) is 13.1. The third kappa shape index (κ3) is 10.5. The molecule has 0 aliphatic heterocycles. The monoisotopic (exact) mass is 599 g/mol. The minimum Gasteiger partial charge on any atom is -0.389 e. The maximum atomic E-state index is 14.9. The third-order valence-electron chi connectivity index (χ3n) is 5.66. The van der Waals surface area contributed by atoms with Gasteiger partial charge in [0.1, 0.15) is 11.4 Å². The Morgan fingerprint density at radius 2 is 1.80 bits per heavy atom. The van der Waals surface area contributed by atoms with Gasteiger partial charge in [-0.1, -0.05) is 0 Å². The summed E-state index contributed by atoms with van der Waals surface area (Å²) in [5, 5.41) is 16.7. The van der Waals surface area contributed by atoms with Crippen molar-refractivity contribution in [1.29, 1.82) is 0 Å². The van der Waals surface area contributed by atoms with Crippen molar-refractivity contribution in [3.05, 3.63) is 48.2 Å². The van der Waals surface area contributed by atoms with Crippen LogP contribution in [0.15, 0.2) is 41.7 Å². The molecule has 0 amide bonds. The standard InChI is InChI=1S/C27H37F4N7O2S/c1-24(2,32)9-10-40-26(5,6)15-35-41-18-7-8-21(20(28)11-18)36-23-33-13-19(27(29,30)31)22(37-23)17-12-34-38(14-17)16-25(3,4)39/h7-8,11-14,35,39H,9-10,15-16,32H2,1-6H3,(H,33,36,37). The molecular formula is C27H37F4N7O2S. The molecule has 0 saturated carbocycles. The lowest BCUT2D eigenvalue weighted by Gasteiger charge is -2.27. The van der Waals surface area contributed by atoms with Gasteiger partial charge in [-0.3, -0.25) is 9.40 Å². The molecule has 0 aliphatic carbocycles. The summed E-state index contributed by atoms with van der Waals surface area (Å²) in [6.45, 7) is 11.9. The molecule has 226 valence electrons. The van der Waals surface area contributed by atoms with Crippen LogP contribution >= 0.6 is 11.9 Å². The highest BCUT2D eigenvalue weighted by atomic mass is 32.2. The Morgan fingerprint density at radius 1 is 1.10 bits per heavy atom. The van der Waals surface area contributed by atoms with E-state index in [4.69, 9.17) is 10.5 Å². The number of hydrogen-bond acceptors (Lipinski definition) is 9. The van der Waals surface area contributed by atoms with Crippen molar-refractivity contribution in [3.8, 4) is 11.3 Å². The fraction of sp³-hybridized carbons (Fsp3) is 0.519. The molecule has 3 rings (SSSR count). The van der Waals surface area contributed by atoms with E-state index in [1.807, 2.05) is 27.7 Å². The Bertz CT molecular complexity index is 1320. The number of benzene rings is 1. The topological polar surface area (TPSA) is 123 Å². The number of alkyl halides is 3. The molecule has 0 aliphatic rings. The molecule has 0 atom stereocenters. The summed E-state index contributed by atoms with van der Waals surface area (Å²) in [5.41, 5.74) is 2.65. The van der Waals surface area contributed by atoms with Crippen LogP contribution in [-0.2, 0) is 17.5 Å². The quantitative estimate of drug-likeness (QED) is 0.148. The van der Waals surface area contributed by atoms with Crippen LogP contribution in [0.4, 0.5) is 29.2 Å². The maximum absolute atomic E-state index is 14.9. The van der Waals surface area contributed by atoms with Crippen molar-refractivity contribution in [3.63, 3.8) is 0 Å². The highest BCUT2D eigenvalue weighted by Crippen LogP contribution is 2.36. The zero-order valence-electron chi connectivity index (χ0n) is 23.9. The molecule has 5 N–H and O–H groups in total. The summed E-state index contributed by atoms with van der Waals surface area (Å²) in [6.07, 6.45) is -0.812. The number of aromatic nitrogens is 4. The van der Waals surface area contributed by atoms with E-state index < -0.39 is 34.5 Å². The van der Waals surface area contributed by atoms with Crippen molar-refractivity contribution in [2.45, 2.75) is 82.3 Å². The molecule has 14 heteroatoms. The summed E-state index contributed by atoms with van der Waals surface area (Å²) in [7, 11) is 0. The Labute approximate surface area is 241 Å². The average Bonchev–Trinajstić information content (AvgIpc) is 3.25. The second-order valence-electron chi connectivity index (χ2n) is 11.7. The zero-order valence-corrected chi connectivity index (χ0v) is 24.8. The van der Waals surface area contributed by atoms with Gasteiger partial charge in [0, 0.05) is 41.5 Å². The van der Waals surface area contributed by atoms with Crippen LogP contribution in [-0.4, -0.2) is 54.7 Å². The van der Waals surface area contributed by atoms with Crippen molar-refractivity contribution in [2.75, 3.05) is 18.5 Å². The number of rotatable bonds is 13. The number of nitrogens with two attached hydrogens (primary N) is 1. The molecule has 1 aromatic carbocycles. The smallest absolute Gasteiger partial charge is 0.389 e. The Morgan fingerprint density at radius 3 is 2.41 bits per heavy atom. The first kappa shape index (κ1) is 32.7. The lowest BCUT2D eigenvalue weighted by molar-refractivity contribution is -0.137. The van der Waals surface area contributed by atoms with E-state index in [1.54, 1.807) is 19.9 Å². The van der Waals surface area contributed by atoms with E-state index in [-0.39, 0.29) is 29.3 Å². The number of ether oxygens (including phenoxy) is 1. The molecule has 9 nitrogen and oxygen atoms in total. The van der Waals surface area contributed by atoms with Crippen LogP contribution in [0.2, 0.25) is 0 Å². The molecule has 0 fully saturated rings. The van der Waals surface area contributed by atoms with Crippen molar-refractivity contribution < 1.29 is 27.4 Å². The molecule has 0 bridgehead atoms. The van der Waals surface area contributed by atoms with Crippen LogP contribution in [0.3, 0.4) is 0 Å². The maximum Gasteiger partial charge on any atom is 0.419 e.